The van der Waals surface area contributed by atoms with Crippen molar-refractivity contribution < 1.29 is 29.0 Å². The van der Waals surface area contributed by atoms with E-state index in [0.29, 0.717) is 28.4 Å². The number of benzene rings is 2. The topological polar surface area (TPSA) is 146 Å². The Morgan fingerprint density at radius 2 is 1.85 bits per heavy atom. The molecule has 1 aromatic heterocycles. The van der Waals surface area contributed by atoms with E-state index in [1.165, 1.54) is 11.8 Å². The average Bonchev–Trinajstić information content (AvgIpc) is 3.74. The van der Waals surface area contributed by atoms with Crippen molar-refractivity contribution in [3.63, 3.8) is 0 Å². The summed E-state index contributed by atoms with van der Waals surface area (Å²) in [5.41, 5.74) is 2.36. The Kier molecular flexibility index (Phi) is 8.25. The number of hydrogen-bond donors (Lipinski definition) is 3. The Bertz CT molecular complexity index is 1860. The molecule has 0 radical (unpaired) electrons. The van der Waals surface area contributed by atoms with E-state index in [0.717, 1.165) is 31.7 Å². The molecule has 7 unspecified atom stereocenters. The average molecular weight is 696 g/mol. The van der Waals surface area contributed by atoms with Gasteiger partial charge in [-0.05, 0) is 79.3 Å². The lowest BCUT2D eigenvalue weighted by atomic mass is 9.68. The summed E-state index contributed by atoms with van der Waals surface area (Å²) in [5.74, 6) is -4.07. The third-order valence-electron chi connectivity index (χ3n) is 10.0. The minimum atomic E-state index is -1.21. The highest BCUT2D eigenvalue weighted by Gasteiger charge is 2.70. The van der Waals surface area contributed by atoms with Crippen LogP contribution in [0, 0.1) is 42.4 Å². The second kappa shape index (κ2) is 12.1. The molecule has 2 saturated carbocycles. The molecule has 4 aliphatic rings. The maximum absolute atomic E-state index is 14.0. The molecule has 47 heavy (non-hydrogen) atoms. The Labute approximate surface area is 284 Å². The third kappa shape index (κ3) is 5.47. The van der Waals surface area contributed by atoms with Gasteiger partial charge in [0.15, 0.2) is 6.61 Å². The zero-order chi connectivity index (χ0) is 33.3. The van der Waals surface area contributed by atoms with E-state index in [4.69, 9.17) is 16.3 Å². The molecule has 7 rings (SSSR count). The number of H-pyrrole nitrogens is 1. The van der Waals surface area contributed by atoms with Crippen molar-refractivity contribution in [2.45, 2.75) is 55.8 Å². The first-order chi connectivity index (χ1) is 22.4. The summed E-state index contributed by atoms with van der Waals surface area (Å²) < 4.78 is 6.14. The van der Waals surface area contributed by atoms with E-state index in [9.17, 15) is 29.1 Å². The SMILES string of the molecule is Cc1cccc(NC(=O)COc2ccc(Cl)cc2[C@H]2c3sc(=O)[nH]c3SC3C4CC(C5C(=O)N(C(CC(C)C)C(=O)O)C(=O)C45)C32)c1. The number of ether oxygens (including phenoxy) is 1. The zero-order valence-electron chi connectivity index (χ0n) is 25.9. The maximum atomic E-state index is 14.0. The van der Waals surface area contributed by atoms with E-state index >= 15 is 0 Å². The Hall–Kier alpha value is -3.61. The van der Waals surface area contributed by atoms with Gasteiger partial charge in [0.05, 0.1) is 16.9 Å². The second-order valence-corrected chi connectivity index (χ2v) is 16.0. The molecule has 10 nitrogen and oxygen atoms in total. The van der Waals surface area contributed by atoms with Crippen molar-refractivity contribution in [3.05, 3.63) is 73.2 Å². The normalized spacial score (nSPS) is 27.9. The van der Waals surface area contributed by atoms with Crippen LogP contribution in [0.2, 0.25) is 5.02 Å². The molecule has 3 fully saturated rings. The van der Waals surface area contributed by atoms with Crippen LogP contribution < -0.4 is 14.9 Å². The highest BCUT2D eigenvalue weighted by molar-refractivity contribution is 8.00. The van der Waals surface area contributed by atoms with Gasteiger partial charge < -0.3 is 20.1 Å². The fourth-order valence-electron chi connectivity index (χ4n) is 8.42. The highest BCUT2D eigenvalue weighted by atomic mass is 35.5. The van der Waals surface area contributed by atoms with Crippen molar-refractivity contribution in [3.8, 4) is 5.75 Å². The largest absolute Gasteiger partial charge is 0.483 e. The van der Waals surface area contributed by atoms with Crippen LogP contribution in [0.3, 0.4) is 0 Å². The molecule has 246 valence electrons. The summed E-state index contributed by atoms with van der Waals surface area (Å²) in [6.07, 6.45) is 0.835. The van der Waals surface area contributed by atoms with E-state index in [2.05, 4.69) is 10.3 Å². The number of hydrogen-bond acceptors (Lipinski definition) is 8. The van der Waals surface area contributed by atoms with Gasteiger partial charge in [-0.25, -0.2) is 4.79 Å². The zero-order valence-corrected chi connectivity index (χ0v) is 28.3. The maximum Gasteiger partial charge on any atom is 0.326 e. The first kappa shape index (κ1) is 32.0. The predicted octanol–water partition coefficient (Wildman–Crippen LogP) is 5.39. The molecule has 2 aliphatic carbocycles. The number of nitrogens with zero attached hydrogens (tertiary/aromatic N) is 1. The van der Waals surface area contributed by atoms with Gasteiger partial charge in [-0.3, -0.25) is 24.1 Å². The van der Waals surface area contributed by atoms with Crippen LogP contribution in [-0.4, -0.2) is 56.6 Å². The molecular weight excluding hydrogens is 662 g/mol. The van der Waals surface area contributed by atoms with E-state index in [1.807, 2.05) is 39.0 Å². The van der Waals surface area contributed by atoms with Gasteiger partial charge in [0.1, 0.15) is 11.8 Å². The Balaban J connectivity index is 1.23. The fourth-order valence-corrected chi connectivity index (χ4v) is 11.5. The first-order valence-electron chi connectivity index (χ1n) is 15.7. The van der Waals surface area contributed by atoms with E-state index < -0.39 is 41.6 Å². The molecule has 2 bridgehead atoms. The quantitative estimate of drug-likeness (QED) is 0.253. The first-order valence-corrected chi connectivity index (χ1v) is 17.8. The minimum absolute atomic E-state index is 0.0238. The third-order valence-corrected chi connectivity index (χ3v) is 12.8. The number of thiazole rings is 1. The number of nitrogens with one attached hydrogen (secondary N) is 2. The number of thioether (sulfide) groups is 1. The summed E-state index contributed by atoms with van der Waals surface area (Å²) in [4.78, 5) is 70.5. The van der Waals surface area contributed by atoms with Gasteiger partial charge in [-0.2, -0.15) is 0 Å². The summed E-state index contributed by atoms with van der Waals surface area (Å²) in [6.45, 7) is 5.42. The minimum Gasteiger partial charge on any atom is -0.483 e. The molecule has 3 amide bonds. The molecule has 3 heterocycles. The number of likely N-dealkylation sites (tertiary alicyclic amines) is 1. The van der Waals surface area contributed by atoms with Crippen LogP contribution >= 0.6 is 34.7 Å². The van der Waals surface area contributed by atoms with E-state index in [-0.39, 0.29) is 52.7 Å². The summed E-state index contributed by atoms with van der Waals surface area (Å²) in [7, 11) is 0. The second-order valence-electron chi connectivity index (χ2n) is 13.4. The number of halogens is 1. The van der Waals surface area contributed by atoms with Gasteiger partial charge in [-0.15, -0.1) is 11.8 Å². The number of carbonyl (C=O) groups is 4. The summed E-state index contributed by atoms with van der Waals surface area (Å²) in [6, 6.07) is 11.4. The van der Waals surface area contributed by atoms with Crippen LogP contribution in [0.25, 0.3) is 0 Å². The van der Waals surface area contributed by atoms with Crippen molar-refractivity contribution >= 4 is 64.1 Å². The molecule has 1 saturated heterocycles. The van der Waals surface area contributed by atoms with Gasteiger partial charge in [-0.1, -0.05) is 48.9 Å². The molecule has 2 aliphatic heterocycles. The lowest BCUT2D eigenvalue weighted by Crippen LogP contribution is -2.47. The number of rotatable bonds is 9. The predicted molar refractivity (Wildman–Crippen MR) is 178 cm³/mol. The number of amides is 3. The molecule has 2 aromatic carbocycles. The fraction of sp³-hybridized carbons (Fsp3) is 0.441. The molecule has 3 N–H and O–H groups in total. The lowest BCUT2D eigenvalue weighted by molar-refractivity contribution is -0.156. The number of carboxylic acid groups (broad SMARTS) is 1. The summed E-state index contributed by atoms with van der Waals surface area (Å²) >= 11 is 9.21. The van der Waals surface area contributed by atoms with Crippen molar-refractivity contribution in [1.29, 1.82) is 0 Å². The standard InChI is InChI=1S/C34H34ClN3O7S2/c1-14(2)9-21(33(42)43)38-31(40)26-19-12-20(27(26)32(38)41)28-25(19)24(29-30(46-28)37-34(44)47-29)18-11-16(35)7-8-22(18)45-13-23(39)36-17-6-4-5-15(3)10-17/h4-8,10-11,14,19-21,24-28H,9,12-13H2,1-3H3,(H,36,39)(H,37,44)(H,42,43)/t19?,20?,21?,24-,25?,26?,27?,28?/m1/s1. The Morgan fingerprint density at radius 3 is 2.55 bits per heavy atom. The van der Waals surface area contributed by atoms with Gasteiger partial charge in [0, 0.05) is 32.3 Å². The van der Waals surface area contributed by atoms with Crippen LogP contribution in [-0.2, 0) is 19.2 Å². The lowest BCUT2D eigenvalue weighted by Gasteiger charge is -2.43. The Morgan fingerprint density at radius 1 is 1.11 bits per heavy atom. The number of aromatic nitrogens is 1. The molecular formula is C34H34ClN3O7S2. The number of anilines is 1. The number of carboxylic acids is 1. The van der Waals surface area contributed by atoms with Crippen molar-refractivity contribution in [2.24, 2.45) is 35.5 Å². The van der Waals surface area contributed by atoms with Crippen LogP contribution in [0.15, 0.2) is 52.3 Å². The van der Waals surface area contributed by atoms with Crippen LogP contribution in [0.1, 0.15) is 48.6 Å². The highest BCUT2D eigenvalue weighted by Crippen LogP contribution is 2.69. The van der Waals surface area contributed by atoms with Crippen molar-refractivity contribution in [2.75, 3.05) is 11.9 Å². The van der Waals surface area contributed by atoms with E-state index in [1.54, 1.807) is 24.3 Å². The molecule has 8 atom stereocenters. The van der Waals surface area contributed by atoms with Crippen molar-refractivity contribution in [1.82, 2.24) is 9.88 Å². The number of aryl methyl sites for hydroxylation is 1. The smallest absolute Gasteiger partial charge is 0.326 e. The van der Waals surface area contributed by atoms with Gasteiger partial charge in [0.25, 0.3) is 5.91 Å². The molecule has 3 aromatic rings. The monoisotopic (exact) mass is 695 g/mol. The molecule has 0 spiro atoms. The number of aliphatic carboxylic acids is 1. The molecule has 13 heteroatoms. The van der Waals surface area contributed by atoms with Gasteiger partial charge in [0.2, 0.25) is 11.8 Å². The van der Waals surface area contributed by atoms with Crippen LogP contribution in [0.5, 0.6) is 5.75 Å². The number of aromatic amines is 1. The number of fused-ring (bicyclic) bond motifs is 9. The van der Waals surface area contributed by atoms with Gasteiger partial charge >= 0.3 is 10.8 Å². The van der Waals surface area contributed by atoms with Crippen LogP contribution in [0.4, 0.5) is 5.69 Å². The summed E-state index contributed by atoms with van der Waals surface area (Å²) in [5, 5.41) is 14.0. The number of carbonyl (C=O) groups excluding carboxylic acids is 3. The number of imide groups is 1.